The first-order valence-corrected chi connectivity index (χ1v) is 10.1. The average Bonchev–Trinajstić information content (AvgIpc) is 3.40. The van der Waals surface area contributed by atoms with Crippen LogP contribution in [-0.2, 0) is 6.18 Å². The highest BCUT2D eigenvalue weighted by Crippen LogP contribution is 2.31. The molecule has 8 heteroatoms. The van der Waals surface area contributed by atoms with E-state index in [-0.39, 0.29) is 6.03 Å². The summed E-state index contributed by atoms with van der Waals surface area (Å²) in [5.41, 5.74) is 1.68. The molecule has 1 aromatic heterocycles. The number of carbonyl (C=O) groups excluding carboxylic acids is 1. The number of thiazole rings is 1. The molecule has 3 aromatic rings. The van der Waals surface area contributed by atoms with Crippen LogP contribution in [0.3, 0.4) is 0 Å². The van der Waals surface area contributed by atoms with Gasteiger partial charge in [0, 0.05) is 30.4 Å². The lowest BCUT2D eigenvalue weighted by Gasteiger charge is -2.11. The highest BCUT2D eigenvalue weighted by Gasteiger charge is 2.29. The molecule has 0 saturated carbocycles. The number of aromatic nitrogens is 1. The molecule has 1 aliphatic rings. The van der Waals surface area contributed by atoms with Crippen molar-refractivity contribution < 1.29 is 18.0 Å². The maximum absolute atomic E-state index is 12.7. The molecule has 1 fully saturated rings. The molecule has 2 heterocycles. The first-order chi connectivity index (χ1) is 13.9. The van der Waals surface area contributed by atoms with Gasteiger partial charge < -0.3 is 4.90 Å². The van der Waals surface area contributed by atoms with E-state index in [1.807, 2.05) is 40.4 Å². The average molecular weight is 417 g/mol. The van der Waals surface area contributed by atoms with Crippen molar-refractivity contribution in [3.05, 3.63) is 70.5 Å². The molecule has 4 rings (SSSR count). The smallest absolute Gasteiger partial charge is 0.323 e. The van der Waals surface area contributed by atoms with Crippen molar-refractivity contribution in [2.45, 2.75) is 19.0 Å². The molecule has 0 bridgehead atoms. The molecule has 2 amide bonds. The Morgan fingerprint density at radius 2 is 1.52 bits per heavy atom. The Labute approximate surface area is 169 Å². The fourth-order valence-electron chi connectivity index (χ4n) is 3.28. The maximum atomic E-state index is 12.7. The molecule has 150 valence electrons. The van der Waals surface area contributed by atoms with Crippen molar-refractivity contribution in [2.75, 3.05) is 13.1 Å². The molecule has 29 heavy (non-hydrogen) atoms. The zero-order chi connectivity index (χ0) is 20.4. The summed E-state index contributed by atoms with van der Waals surface area (Å²) in [5, 5.41) is 1.86. The van der Waals surface area contributed by atoms with Crippen molar-refractivity contribution in [2.24, 2.45) is 4.99 Å². The SMILES string of the molecule is O=C(/N=c1\sccn1-c1ccc(-c2ccc(C(F)(F)F)cc2)cc1)N1CCCC1. The summed E-state index contributed by atoms with van der Waals surface area (Å²) in [4.78, 5) is 18.9. The number of nitrogens with zero attached hydrogens (tertiary/aromatic N) is 3. The highest BCUT2D eigenvalue weighted by molar-refractivity contribution is 7.07. The molecule has 0 radical (unpaired) electrons. The molecule has 2 aromatic carbocycles. The van der Waals surface area contributed by atoms with Gasteiger partial charge in [0.05, 0.1) is 5.56 Å². The van der Waals surface area contributed by atoms with Crippen molar-refractivity contribution in [1.29, 1.82) is 0 Å². The fraction of sp³-hybridized carbons (Fsp3) is 0.238. The van der Waals surface area contributed by atoms with Gasteiger partial charge in [0.2, 0.25) is 0 Å². The number of hydrogen-bond acceptors (Lipinski definition) is 2. The second-order valence-corrected chi connectivity index (χ2v) is 7.64. The third kappa shape index (κ3) is 4.27. The van der Waals surface area contributed by atoms with Gasteiger partial charge in [-0.3, -0.25) is 4.57 Å². The number of amides is 2. The normalized spacial score (nSPS) is 15.1. The van der Waals surface area contributed by atoms with Crippen LogP contribution in [0.25, 0.3) is 16.8 Å². The Balaban J connectivity index is 1.58. The van der Waals surface area contributed by atoms with E-state index < -0.39 is 11.7 Å². The largest absolute Gasteiger partial charge is 0.416 e. The van der Waals surface area contributed by atoms with Gasteiger partial charge in [-0.1, -0.05) is 24.3 Å². The van der Waals surface area contributed by atoms with Crippen LogP contribution in [0.5, 0.6) is 0 Å². The standard InChI is InChI=1S/C21H18F3N3OS/c22-21(23,24)17-7-3-15(4-8-17)16-5-9-18(10-6-16)27-13-14-29-20(27)25-19(28)26-11-1-2-12-26/h3-10,13-14H,1-2,11-12H2/b25-20-. The molecule has 0 spiro atoms. The Kier molecular flexibility index (Phi) is 5.27. The van der Waals surface area contributed by atoms with Crippen LogP contribution in [0.4, 0.5) is 18.0 Å². The fourth-order valence-corrected chi connectivity index (χ4v) is 3.99. The highest BCUT2D eigenvalue weighted by atomic mass is 32.1. The summed E-state index contributed by atoms with van der Waals surface area (Å²) < 4.78 is 40.0. The van der Waals surface area contributed by atoms with Gasteiger partial charge in [0.1, 0.15) is 0 Å². The summed E-state index contributed by atoms with van der Waals surface area (Å²) in [6, 6.07) is 12.3. The van der Waals surface area contributed by atoms with E-state index in [0.29, 0.717) is 10.4 Å². The van der Waals surface area contributed by atoms with Crippen LogP contribution in [-0.4, -0.2) is 28.6 Å². The molecule has 1 aliphatic heterocycles. The lowest BCUT2D eigenvalue weighted by atomic mass is 10.0. The molecular weight excluding hydrogens is 399 g/mol. The Morgan fingerprint density at radius 3 is 2.10 bits per heavy atom. The van der Waals surface area contributed by atoms with Gasteiger partial charge >= 0.3 is 12.2 Å². The summed E-state index contributed by atoms with van der Waals surface area (Å²) in [7, 11) is 0. The zero-order valence-corrected chi connectivity index (χ0v) is 16.2. The number of carbonyl (C=O) groups is 1. The lowest BCUT2D eigenvalue weighted by Crippen LogP contribution is -2.27. The summed E-state index contributed by atoms with van der Waals surface area (Å²) >= 11 is 1.38. The van der Waals surface area contributed by atoms with E-state index in [4.69, 9.17) is 0 Å². The second-order valence-electron chi connectivity index (χ2n) is 6.77. The third-order valence-electron chi connectivity index (χ3n) is 4.85. The minimum absolute atomic E-state index is 0.222. The zero-order valence-electron chi connectivity index (χ0n) is 15.4. The second kappa shape index (κ2) is 7.87. The number of benzene rings is 2. The van der Waals surface area contributed by atoms with Gasteiger partial charge in [-0.05, 0) is 48.2 Å². The first kappa shape index (κ1) is 19.4. The van der Waals surface area contributed by atoms with Crippen LogP contribution in [0.15, 0.2) is 65.1 Å². The Bertz CT molecular complexity index is 1060. The third-order valence-corrected chi connectivity index (χ3v) is 5.60. The molecular formula is C21H18F3N3OS. The molecule has 4 nitrogen and oxygen atoms in total. The minimum atomic E-state index is -4.34. The van der Waals surface area contributed by atoms with Gasteiger partial charge in [0.15, 0.2) is 4.80 Å². The van der Waals surface area contributed by atoms with Gasteiger partial charge in [-0.25, -0.2) is 4.79 Å². The Morgan fingerprint density at radius 1 is 0.931 bits per heavy atom. The van der Waals surface area contributed by atoms with Crippen molar-refractivity contribution >= 4 is 17.4 Å². The van der Waals surface area contributed by atoms with E-state index >= 15 is 0 Å². The van der Waals surface area contributed by atoms with Crippen molar-refractivity contribution in [3.8, 4) is 16.8 Å². The minimum Gasteiger partial charge on any atom is -0.323 e. The van der Waals surface area contributed by atoms with Crippen LogP contribution in [0.1, 0.15) is 18.4 Å². The quantitative estimate of drug-likeness (QED) is 0.555. The van der Waals surface area contributed by atoms with Gasteiger partial charge in [-0.2, -0.15) is 18.2 Å². The Hall–Kier alpha value is -2.87. The number of halogens is 3. The van der Waals surface area contributed by atoms with E-state index in [2.05, 4.69) is 4.99 Å². The van der Waals surface area contributed by atoms with Gasteiger partial charge in [-0.15, -0.1) is 11.3 Å². The topological polar surface area (TPSA) is 37.6 Å². The number of alkyl halides is 3. The van der Waals surface area contributed by atoms with E-state index in [0.717, 1.165) is 49.3 Å². The predicted octanol–water partition coefficient (Wildman–Crippen LogP) is 5.34. The van der Waals surface area contributed by atoms with Crippen LogP contribution >= 0.6 is 11.3 Å². The number of urea groups is 1. The number of rotatable bonds is 2. The van der Waals surface area contributed by atoms with Crippen molar-refractivity contribution in [3.63, 3.8) is 0 Å². The molecule has 1 saturated heterocycles. The summed E-state index contributed by atoms with van der Waals surface area (Å²) in [5.74, 6) is 0. The van der Waals surface area contributed by atoms with Crippen LogP contribution in [0, 0.1) is 0 Å². The molecule has 0 N–H and O–H groups in total. The van der Waals surface area contributed by atoms with Crippen LogP contribution < -0.4 is 4.80 Å². The van der Waals surface area contributed by atoms with Crippen molar-refractivity contribution in [1.82, 2.24) is 9.47 Å². The number of likely N-dealkylation sites (tertiary alicyclic amines) is 1. The molecule has 0 aliphatic carbocycles. The van der Waals surface area contributed by atoms with E-state index in [1.165, 1.54) is 23.5 Å². The molecule has 0 unspecified atom stereocenters. The molecule has 0 atom stereocenters. The number of hydrogen-bond donors (Lipinski definition) is 0. The van der Waals surface area contributed by atoms with E-state index in [9.17, 15) is 18.0 Å². The first-order valence-electron chi connectivity index (χ1n) is 9.20. The lowest BCUT2D eigenvalue weighted by molar-refractivity contribution is -0.137. The monoisotopic (exact) mass is 417 g/mol. The van der Waals surface area contributed by atoms with Gasteiger partial charge in [0.25, 0.3) is 0 Å². The van der Waals surface area contributed by atoms with E-state index in [1.54, 1.807) is 4.90 Å². The van der Waals surface area contributed by atoms with Crippen LogP contribution in [0.2, 0.25) is 0 Å². The maximum Gasteiger partial charge on any atom is 0.416 e. The summed E-state index contributed by atoms with van der Waals surface area (Å²) in [6.45, 7) is 1.49. The summed E-state index contributed by atoms with van der Waals surface area (Å²) in [6.07, 6.45) is -0.480. The predicted molar refractivity (Wildman–Crippen MR) is 106 cm³/mol.